The molecule has 1 aromatic heterocycles. The van der Waals surface area contributed by atoms with Crippen molar-refractivity contribution in [1.29, 1.82) is 0 Å². The highest BCUT2D eigenvalue weighted by Gasteiger charge is 2.10. The largest absolute Gasteiger partial charge is 0.507 e. The van der Waals surface area contributed by atoms with Crippen LogP contribution in [0.4, 0.5) is 11.4 Å². The summed E-state index contributed by atoms with van der Waals surface area (Å²) in [5, 5.41) is 13.1. The van der Waals surface area contributed by atoms with Gasteiger partial charge in [-0.25, -0.2) is 0 Å². The molecule has 2 N–H and O–H groups in total. The Balaban J connectivity index is 1.76. The summed E-state index contributed by atoms with van der Waals surface area (Å²) in [6.07, 6.45) is 2.99. The average molecular weight is 355 g/mol. The number of aromatic hydroxyl groups is 1. The van der Waals surface area contributed by atoms with Crippen molar-refractivity contribution < 1.29 is 14.3 Å². The van der Waals surface area contributed by atoms with Gasteiger partial charge in [0.25, 0.3) is 5.91 Å². The van der Waals surface area contributed by atoms with E-state index in [-0.39, 0.29) is 17.4 Å². The molecule has 0 saturated carbocycles. The van der Waals surface area contributed by atoms with E-state index in [1.165, 1.54) is 18.5 Å². The number of carbonyl (C=O) groups is 1. The van der Waals surface area contributed by atoms with Gasteiger partial charge in [-0.1, -0.05) is 11.6 Å². The number of carbonyl (C=O) groups excluding carboxylic acids is 1. The van der Waals surface area contributed by atoms with E-state index < -0.39 is 0 Å². The number of phenolic OH excluding ortho intramolecular Hbond substituents is 1. The first-order valence-electron chi connectivity index (χ1n) is 7.51. The zero-order valence-corrected chi connectivity index (χ0v) is 14.1. The van der Waals surface area contributed by atoms with Crippen molar-refractivity contribution in [1.82, 2.24) is 0 Å². The minimum atomic E-state index is -0.312. The van der Waals surface area contributed by atoms with E-state index >= 15 is 0 Å². The van der Waals surface area contributed by atoms with E-state index in [0.29, 0.717) is 22.0 Å². The summed E-state index contributed by atoms with van der Waals surface area (Å²) >= 11 is 5.91. The second-order valence-electron chi connectivity index (χ2n) is 5.39. The van der Waals surface area contributed by atoms with Crippen LogP contribution in [0.15, 0.2) is 64.2 Å². The number of amides is 1. The molecule has 0 fully saturated rings. The third-order valence-corrected chi connectivity index (χ3v) is 3.78. The molecule has 0 spiro atoms. The number of aliphatic imine (C=N–C) groups is 1. The minimum absolute atomic E-state index is 0.104. The number of phenols is 1. The molecule has 126 valence electrons. The van der Waals surface area contributed by atoms with Gasteiger partial charge in [0.2, 0.25) is 0 Å². The van der Waals surface area contributed by atoms with Gasteiger partial charge in [0.05, 0.1) is 12.0 Å². The van der Waals surface area contributed by atoms with Gasteiger partial charge in [-0.05, 0) is 61.0 Å². The van der Waals surface area contributed by atoms with Crippen LogP contribution in [0.25, 0.3) is 0 Å². The summed E-state index contributed by atoms with van der Waals surface area (Å²) in [6.45, 7) is 1.87. The SMILES string of the molecule is Cc1cc(N=Cc2cc(Cl)ccc2O)ccc1NC(=O)c1ccco1. The number of rotatable bonds is 4. The van der Waals surface area contributed by atoms with E-state index in [9.17, 15) is 9.90 Å². The standard InChI is InChI=1S/C19H15ClN2O3/c1-12-9-15(21-11-13-10-14(20)4-7-17(13)23)5-6-16(12)22-19(24)18-3-2-8-25-18/h2-11,23H,1H3,(H,22,24). The maximum absolute atomic E-state index is 12.0. The molecular formula is C19H15ClN2O3. The van der Waals surface area contributed by atoms with Crippen LogP contribution in [0.3, 0.4) is 0 Å². The Morgan fingerprint density at radius 3 is 2.80 bits per heavy atom. The van der Waals surface area contributed by atoms with E-state index in [0.717, 1.165) is 5.56 Å². The molecule has 1 amide bonds. The van der Waals surface area contributed by atoms with Gasteiger partial charge in [0.1, 0.15) is 5.75 Å². The Hall–Kier alpha value is -3.05. The van der Waals surface area contributed by atoms with Crippen molar-refractivity contribution in [2.75, 3.05) is 5.32 Å². The topological polar surface area (TPSA) is 74.8 Å². The van der Waals surface area contributed by atoms with Crippen molar-refractivity contribution in [2.45, 2.75) is 6.92 Å². The third-order valence-electron chi connectivity index (χ3n) is 3.55. The molecule has 0 radical (unpaired) electrons. The zero-order chi connectivity index (χ0) is 17.8. The van der Waals surface area contributed by atoms with E-state index in [1.807, 2.05) is 13.0 Å². The molecule has 0 aliphatic heterocycles. The molecule has 25 heavy (non-hydrogen) atoms. The first-order chi connectivity index (χ1) is 12.0. The molecule has 3 aromatic rings. The van der Waals surface area contributed by atoms with Crippen molar-refractivity contribution in [2.24, 2.45) is 4.99 Å². The van der Waals surface area contributed by atoms with Gasteiger partial charge < -0.3 is 14.8 Å². The van der Waals surface area contributed by atoms with Crippen LogP contribution < -0.4 is 5.32 Å². The van der Waals surface area contributed by atoms with Crippen LogP contribution in [0, 0.1) is 6.92 Å². The molecule has 0 unspecified atom stereocenters. The van der Waals surface area contributed by atoms with Gasteiger partial charge in [-0.3, -0.25) is 9.79 Å². The molecule has 0 bridgehead atoms. The van der Waals surface area contributed by atoms with Gasteiger partial charge in [0, 0.05) is 22.5 Å². The quantitative estimate of drug-likeness (QED) is 0.651. The van der Waals surface area contributed by atoms with Gasteiger partial charge >= 0.3 is 0 Å². The predicted octanol–water partition coefficient (Wildman–Crippen LogP) is 4.95. The highest BCUT2D eigenvalue weighted by molar-refractivity contribution is 6.30. The second kappa shape index (κ2) is 7.23. The predicted molar refractivity (Wildman–Crippen MR) is 98.2 cm³/mol. The van der Waals surface area contributed by atoms with Crippen LogP contribution in [-0.4, -0.2) is 17.2 Å². The summed E-state index contributed by atoms with van der Waals surface area (Å²) in [7, 11) is 0. The van der Waals surface area contributed by atoms with Gasteiger partial charge in [-0.15, -0.1) is 0 Å². The van der Waals surface area contributed by atoms with Crippen LogP contribution >= 0.6 is 11.6 Å². The summed E-state index contributed by atoms with van der Waals surface area (Å²) in [5.74, 6) is 0.0401. The Morgan fingerprint density at radius 1 is 1.24 bits per heavy atom. The summed E-state index contributed by atoms with van der Waals surface area (Å²) in [6, 6.07) is 13.4. The number of hydrogen-bond acceptors (Lipinski definition) is 4. The second-order valence-corrected chi connectivity index (χ2v) is 5.83. The normalized spacial score (nSPS) is 11.0. The number of nitrogens with one attached hydrogen (secondary N) is 1. The molecule has 2 aromatic carbocycles. The lowest BCUT2D eigenvalue weighted by Crippen LogP contribution is -2.11. The number of aryl methyl sites for hydroxylation is 1. The molecule has 1 heterocycles. The lowest BCUT2D eigenvalue weighted by molar-refractivity contribution is 0.0996. The maximum Gasteiger partial charge on any atom is 0.291 e. The monoisotopic (exact) mass is 354 g/mol. The van der Waals surface area contributed by atoms with Crippen molar-refractivity contribution in [3.8, 4) is 5.75 Å². The highest BCUT2D eigenvalue weighted by atomic mass is 35.5. The van der Waals surface area contributed by atoms with Crippen LogP contribution in [0.1, 0.15) is 21.7 Å². The third kappa shape index (κ3) is 4.08. The van der Waals surface area contributed by atoms with Gasteiger partial charge in [-0.2, -0.15) is 0 Å². The Labute approximate surface area is 149 Å². The van der Waals surface area contributed by atoms with E-state index in [1.54, 1.807) is 36.4 Å². The summed E-state index contributed by atoms with van der Waals surface area (Å²) in [5.41, 5.74) is 2.74. The minimum Gasteiger partial charge on any atom is -0.507 e. The smallest absolute Gasteiger partial charge is 0.291 e. The molecule has 0 atom stereocenters. The van der Waals surface area contributed by atoms with Crippen LogP contribution in [0.5, 0.6) is 5.75 Å². The molecule has 6 heteroatoms. The molecule has 0 aliphatic carbocycles. The Bertz CT molecular complexity index is 934. The van der Waals surface area contributed by atoms with Crippen LogP contribution in [0.2, 0.25) is 5.02 Å². The average Bonchev–Trinajstić information content (AvgIpc) is 3.12. The highest BCUT2D eigenvalue weighted by Crippen LogP contribution is 2.24. The number of anilines is 1. The number of hydrogen-bond donors (Lipinski definition) is 2. The van der Waals surface area contributed by atoms with Crippen molar-refractivity contribution >= 4 is 35.1 Å². The van der Waals surface area contributed by atoms with E-state index in [4.69, 9.17) is 16.0 Å². The first kappa shape index (κ1) is 16.8. The Morgan fingerprint density at radius 2 is 2.08 bits per heavy atom. The summed E-state index contributed by atoms with van der Waals surface area (Å²) < 4.78 is 5.07. The number of nitrogens with zero attached hydrogens (tertiary/aromatic N) is 1. The van der Waals surface area contributed by atoms with Gasteiger partial charge in [0.15, 0.2) is 5.76 Å². The summed E-state index contributed by atoms with van der Waals surface area (Å²) in [4.78, 5) is 16.4. The van der Waals surface area contributed by atoms with Crippen molar-refractivity contribution in [3.63, 3.8) is 0 Å². The number of halogens is 1. The molecule has 0 saturated heterocycles. The molecule has 5 nitrogen and oxygen atoms in total. The van der Waals surface area contributed by atoms with Crippen molar-refractivity contribution in [3.05, 3.63) is 76.7 Å². The zero-order valence-electron chi connectivity index (χ0n) is 13.4. The van der Waals surface area contributed by atoms with Crippen LogP contribution in [-0.2, 0) is 0 Å². The van der Waals surface area contributed by atoms with E-state index in [2.05, 4.69) is 10.3 Å². The maximum atomic E-state index is 12.0. The fourth-order valence-electron chi connectivity index (χ4n) is 2.23. The lowest BCUT2D eigenvalue weighted by Gasteiger charge is -2.07. The number of benzene rings is 2. The first-order valence-corrected chi connectivity index (χ1v) is 7.89. The Kier molecular flexibility index (Phi) is 4.86. The molecule has 0 aliphatic rings. The molecule has 3 rings (SSSR count). The fraction of sp³-hybridized carbons (Fsp3) is 0.0526. The molecular weight excluding hydrogens is 340 g/mol. The fourth-order valence-corrected chi connectivity index (χ4v) is 2.41. The number of furan rings is 1. The lowest BCUT2D eigenvalue weighted by atomic mass is 10.1.